The molecule has 0 radical (unpaired) electrons. The second-order valence-corrected chi connectivity index (χ2v) is 6.35. The van der Waals surface area contributed by atoms with Gasteiger partial charge in [-0.15, -0.1) is 0 Å². The number of guanidine groups is 1. The summed E-state index contributed by atoms with van der Waals surface area (Å²) in [6, 6.07) is 5.26. The van der Waals surface area contributed by atoms with Crippen LogP contribution in [0.3, 0.4) is 0 Å². The van der Waals surface area contributed by atoms with Crippen molar-refractivity contribution in [3.05, 3.63) is 34.7 Å². The van der Waals surface area contributed by atoms with Crippen molar-refractivity contribution in [3.63, 3.8) is 0 Å². The van der Waals surface area contributed by atoms with Crippen molar-refractivity contribution in [2.24, 2.45) is 10.9 Å². The van der Waals surface area contributed by atoms with Gasteiger partial charge in [0.25, 0.3) is 0 Å². The monoisotopic (exact) mass is 334 g/mol. The highest BCUT2D eigenvalue weighted by atomic mass is 16.5. The van der Waals surface area contributed by atoms with Crippen molar-refractivity contribution in [1.29, 1.82) is 0 Å². The Morgan fingerprint density at radius 1 is 1.42 bits per heavy atom. The minimum atomic E-state index is 0.0622. The Kier molecular flexibility index (Phi) is 7.82. The minimum Gasteiger partial charge on any atom is -0.379 e. The summed E-state index contributed by atoms with van der Waals surface area (Å²) < 4.78 is 7.42. The van der Waals surface area contributed by atoms with E-state index in [1.54, 1.807) is 23.7 Å². The van der Waals surface area contributed by atoms with E-state index < -0.39 is 0 Å². The molecule has 6 heteroatoms. The molecule has 1 aliphatic rings. The molecule has 134 valence electrons. The van der Waals surface area contributed by atoms with Gasteiger partial charge in [0.05, 0.1) is 6.61 Å². The lowest BCUT2D eigenvalue weighted by molar-refractivity contribution is 0.115. The van der Waals surface area contributed by atoms with Crippen LogP contribution >= 0.6 is 0 Å². The van der Waals surface area contributed by atoms with Crippen LogP contribution in [-0.2, 0) is 11.3 Å². The lowest BCUT2D eigenvalue weighted by atomic mass is 10.3. The summed E-state index contributed by atoms with van der Waals surface area (Å²) in [5, 5.41) is 3.37. The van der Waals surface area contributed by atoms with Gasteiger partial charge in [-0.05, 0) is 37.7 Å². The number of likely N-dealkylation sites (N-methyl/N-ethyl adjacent to an activating group) is 1. The molecule has 0 amide bonds. The second kappa shape index (κ2) is 10.1. The van der Waals surface area contributed by atoms with E-state index in [4.69, 9.17) is 4.74 Å². The minimum absolute atomic E-state index is 0.0622. The number of aromatic nitrogens is 1. The molecule has 0 aliphatic heterocycles. The third-order valence-electron chi connectivity index (χ3n) is 4.20. The van der Waals surface area contributed by atoms with Crippen molar-refractivity contribution in [2.45, 2.75) is 32.2 Å². The van der Waals surface area contributed by atoms with Crippen molar-refractivity contribution in [2.75, 3.05) is 40.4 Å². The van der Waals surface area contributed by atoms with Crippen LogP contribution in [0.15, 0.2) is 34.2 Å². The molecule has 1 fully saturated rings. The average Bonchev–Trinajstić information content (AvgIpc) is 3.40. The number of rotatable bonds is 10. The van der Waals surface area contributed by atoms with E-state index in [1.807, 2.05) is 19.3 Å². The summed E-state index contributed by atoms with van der Waals surface area (Å²) in [6.45, 7) is 4.08. The molecule has 0 bridgehead atoms. The van der Waals surface area contributed by atoms with Gasteiger partial charge in [0.1, 0.15) is 0 Å². The molecule has 0 unspecified atom stereocenters. The number of hydrogen-bond acceptors (Lipinski definition) is 3. The van der Waals surface area contributed by atoms with Crippen LogP contribution in [0.25, 0.3) is 0 Å². The molecule has 1 saturated carbocycles. The third kappa shape index (κ3) is 6.74. The quantitative estimate of drug-likeness (QED) is 0.401. The smallest absolute Gasteiger partial charge is 0.250 e. The third-order valence-corrected chi connectivity index (χ3v) is 4.20. The Hall–Kier alpha value is -1.82. The van der Waals surface area contributed by atoms with Gasteiger partial charge in [-0.1, -0.05) is 6.07 Å². The van der Waals surface area contributed by atoms with E-state index in [1.165, 1.54) is 12.8 Å². The van der Waals surface area contributed by atoms with Gasteiger partial charge in [0, 0.05) is 52.6 Å². The maximum absolute atomic E-state index is 11.6. The molecule has 2 rings (SSSR count). The zero-order chi connectivity index (χ0) is 17.2. The maximum Gasteiger partial charge on any atom is 0.250 e. The zero-order valence-corrected chi connectivity index (χ0v) is 14.9. The first-order valence-electron chi connectivity index (χ1n) is 8.85. The molecule has 6 nitrogen and oxygen atoms in total. The van der Waals surface area contributed by atoms with Crippen LogP contribution < -0.4 is 10.9 Å². The fourth-order valence-corrected chi connectivity index (χ4v) is 2.48. The zero-order valence-electron chi connectivity index (χ0n) is 14.9. The number of unbranched alkanes of at least 4 members (excludes halogenated alkanes) is 1. The summed E-state index contributed by atoms with van der Waals surface area (Å²) in [4.78, 5) is 18.0. The van der Waals surface area contributed by atoms with Gasteiger partial charge in [-0.3, -0.25) is 9.79 Å². The lowest BCUT2D eigenvalue weighted by Crippen LogP contribution is -2.41. The topological polar surface area (TPSA) is 58.9 Å². The van der Waals surface area contributed by atoms with E-state index in [0.717, 1.165) is 57.6 Å². The van der Waals surface area contributed by atoms with E-state index in [2.05, 4.69) is 15.2 Å². The standard InChI is InChI=1S/C18H30N4O2/c1-19-18(21(2)13-14-24-15-16-8-9-16)20-10-4-6-12-22-11-5-3-7-17(22)23/h3,5,7,11,16H,4,6,8-10,12-15H2,1-2H3,(H,19,20). The SMILES string of the molecule is CN=C(NCCCCn1ccccc1=O)N(C)CCOCC1CC1. The number of ether oxygens (including phenoxy) is 1. The van der Waals surface area contributed by atoms with E-state index >= 15 is 0 Å². The van der Waals surface area contributed by atoms with Gasteiger partial charge in [0.15, 0.2) is 5.96 Å². The van der Waals surface area contributed by atoms with Gasteiger partial charge in [-0.2, -0.15) is 0 Å². The molecule has 0 saturated heterocycles. The second-order valence-electron chi connectivity index (χ2n) is 6.35. The summed E-state index contributed by atoms with van der Waals surface area (Å²) in [6.07, 6.45) is 6.45. The maximum atomic E-state index is 11.6. The van der Waals surface area contributed by atoms with Crippen molar-refractivity contribution in [3.8, 4) is 0 Å². The molecule has 0 atom stereocenters. The fourth-order valence-electron chi connectivity index (χ4n) is 2.48. The summed E-state index contributed by atoms with van der Waals surface area (Å²) in [7, 11) is 3.83. The highest BCUT2D eigenvalue weighted by molar-refractivity contribution is 5.79. The average molecular weight is 334 g/mol. The Bertz CT molecular complexity index is 566. The van der Waals surface area contributed by atoms with Gasteiger partial charge >= 0.3 is 0 Å². The van der Waals surface area contributed by atoms with Gasteiger partial charge < -0.3 is 19.5 Å². The summed E-state index contributed by atoms with van der Waals surface area (Å²) in [5.41, 5.74) is 0.0622. The normalized spacial score (nSPS) is 14.7. The van der Waals surface area contributed by atoms with Crippen LogP contribution in [0.1, 0.15) is 25.7 Å². The molecule has 1 aliphatic carbocycles. The first-order valence-corrected chi connectivity index (χ1v) is 8.85. The molecular weight excluding hydrogens is 304 g/mol. The Balaban J connectivity index is 1.56. The number of hydrogen-bond donors (Lipinski definition) is 1. The van der Waals surface area contributed by atoms with E-state index in [-0.39, 0.29) is 5.56 Å². The Morgan fingerprint density at radius 2 is 2.25 bits per heavy atom. The largest absolute Gasteiger partial charge is 0.379 e. The summed E-state index contributed by atoms with van der Waals surface area (Å²) >= 11 is 0. The highest BCUT2D eigenvalue weighted by Crippen LogP contribution is 2.28. The Labute approximate surface area is 144 Å². The van der Waals surface area contributed by atoms with Crippen LogP contribution in [0.2, 0.25) is 0 Å². The first-order chi connectivity index (χ1) is 11.7. The van der Waals surface area contributed by atoms with Gasteiger partial charge in [-0.25, -0.2) is 0 Å². The van der Waals surface area contributed by atoms with Crippen LogP contribution in [0.5, 0.6) is 0 Å². The van der Waals surface area contributed by atoms with Crippen molar-refractivity contribution < 1.29 is 4.74 Å². The molecule has 0 aromatic carbocycles. The van der Waals surface area contributed by atoms with E-state index in [0.29, 0.717) is 0 Å². The Morgan fingerprint density at radius 3 is 2.96 bits per heavy atom. The fraction of sp³-hybridized carbons (Fsp3) is 0.667. The molecule has 24 heavy (non-hydrogen) atoms. The van der Waals surface area contributed by atoms with Crippen LogP contribution in [-0.4, -0.2) is 55.8 Å². The number of aliphatic imine (C=N–C) groups is 1. The van der Waals surface area contributed by atoms with Gasteiger partial charge in [0.2, 0.25) is 5.56 Å². The summed E-state index contributed by atoms with van der Waals surface area (Å²) in [5.74, 6) is 1.70. The predicted octanol–water partition coefficient (Wildman–Crippen LogP) is 1.56. The number of pyridine rings is 1. The molecule has 1 heterocycles. The van der Waals surface area contributed by atoms with Crippen LogP contribution in [0, 0.1) is 5.92 Å². The van der Waals surface area contributed by atoms with Crippen molar-refractivity contribution in [1.82, 2.24) is 14.8 Å². The number of nitrogens with one attached hydrogen (secondary N) is 1. The predicted molar refractivity (Wildman–Crippen MR) is 97.5 cm³/mol. The molecule has 0 spiro atoms. The number of aryl methyl sites for hydroxylation is 1. The first kappa shape index (κ1) is 18.5. The molecule has 1 N–H and O–H groups in total. The molecule has 1 aromatic rings. The highest BCUT2D eigenvalue weighted by Gasteiger charge is 2.21. The number of nitrogens with zero attached hydrogens (tertiary/aromatic N) is 3. The molecule has 1 aromatic heterocycles. The lowest BCUT2D eigenvalue weighted by Gasteiger charge is -2.22. The molecular formula is C18H30N4O2. The van der Waals surface area contributed by atoms with E-state index in [9.17, 15) is 4.79 Å². The van der Waals surface area contributed by atoms with Crippen molar-refractivity contribution >= 4 is 5.96 Å². The van der Waals surface area contributed by atoms with Crippen LogP contribution in [0.4, 0.5) is 0 Å².